The smallest absolute Gasteiger partial charge is 0.202 e. The summed E-state index contributed by atoms with van der Waals surface area (Å²) in [5, 5.41) is 4.23. The number of aromatic nitrogens is 2. The van der Waals surface area contributed by atoms with E-state index in [0.29, 0.717) is 0 Å². The zero-order valence-electron chi connectivity index (χ0n) is 11.3. The van der Waals surface area contributed by atoms with Gasteiger partial charge in [0.2, 0.25) is 5.13 Å². The zero-order valence-corrected chi connectivity index (χ0v) is 12.1. The molecule has 3 nitrogen and oxygen atoms in total. The minimum Gasteiger partial charge on any atom is -0.356 e. The summed E-state index contributed by atoms with van der Waals surface area (Å²) >= 11 is 1.43. The Hall–Kier alpha value is -1.42. The van der Waals surface area contributed by atoms with Crippen LogP contribution in [0.5, 0.6) is 0 Å². The maximum Gasteiger partial charge on any atom is 0.202 e. The minimum absolute atomic E-state index is 0.0284. The Morgan fingerprint density at radius 3 is 2.44 bits per heavy atom. The van der Waals surface area contributed by atoms with Crippen LogP contribution in [-0.4, -0.2) is 14.9 Å². The summed E-state index contributed by atoms with van der Waals surface area (Å²) in [6, 6.07) is 8.51. The Labute approximate surface area is 112 Å². The van der Waals surface area contributed by atoms with Gasteiger partial charge < -0.3 is 5.32 Å². The van der Waals surface area contributed by atoms with E-state index in [1.807, 2.05) is 0 Å². The van der Waals surface area contributed by atoms with Crippen LogP contribution in [-0.2, 0) is 6.42 Å². The van der Waals surface area contributed by atoms with E-state index in [1.165, 1.54) is 22.7 Å². The molecule has 0 aliphatic carbocycles. The first kappa shape index (κ1) is 13.0. The largest absolute Gasteiger partial charge is 0.356 e. The molecule has 0 spiro atoms. The van der Waals surface area contributed by atoms with Crippen LogP contribution in [0.2, 0.25) is 0 Å². The van der Waals surface area contributed by atoms with Crippen molar-refractivity contribution in [3.8, 4) is 0 Å². The van der Waals surface area contributed by atoms with Gasteiger partial charge in [-0.3, -0.25) is 0 Å². The molecule has 1 aromatic heterocycles. The summed E-state index contributed by atoms with van der Waals surface area (Å²) in [5.41, 5.74) is 2.56. The highest BCUT2D eigenvalue weighted by atomic mass is 32.1. The molecule has 0 fully saturated rings. The Balaban J connectivity index is 2.04. The molecule has 0 aliphatic heterocycles. The van der Waals surface area contributed by atoms with Crippen molar-refractivity contribution >= 4 is 16.7 Å². The first-order valence-electron chi connectivity index (χ1n) is 6.09. The quantitative estimate of drug-likeness (QED) is 0.916. The minimum atomic E-state index is 0.0284. The number of benzene rings is 1. The second-order valence-corrected chi connectivity index (χ2v) is 6.30. The maximum absolute atomic E-state index is 4.51. The van der Waals surface area contributed by atoms with E-state index in [9.17, 15) is 0 Å². The molecule has 0 saturated heterocycles. The fraction of sp³-hybridized carbons (Fsp3) is 0.429. The second kappa shape index (κ2) is 5.06. The Kier molecular flexibility index (Phi) is 3.66. The van der Waals surface area contributed by atoms with Crippen molar-refractivity contribution in [1.29, 1.82) is 0 Å². The van der Waals surface area contributed by atoms with Crippen molar-refractivity contribution in [3.05, 3.63) is 41.2 Å². The van der Waals surface area contributed by atoms with Gasteiger partial charge in [0.25, 0.3) is 0 Å². The lowest BCUT2D eigenvalue weighted by molar-refractivity contribution is 0.633. The van der Waals surface area contributed by atoms with E-state index in [0.717, 1.165) is 17.4 Å². The van der Waals surface area contributed by atoms with Crippen molar-refractivity contribution in [1.82, 2.24) is 9.36 Å². The molecule has 1 heterocycles. The number of aryl methyl sites for hydroxylation is 1. The SMILES string of the molecule is Cc1ccc(Cc2nsc(NC(C)(C)C)n2)cc1. The third-order valence-corrected chi connectivity index (χ3v) is 3.10. The fourth-order valence-electron chi connectivity index (χ4n) is 1.59. The second-order valence-electron chi connectivity index (χ2n) is 5.55. The van der Waals surface area contributed by atoms with Crippen molar-refractivity contribution < 1.29 is 0 Å². The predicted octanol–water partition coefficient (Wildman–Crippen LogP) is 3.65. The molecule has 0 saturated carbocycles. The van der Waals surface area contributed by atoms with Crippen molar-refractivity contribution in [2.24, 2.45) is 0 Å². The molecule has 2 aromatic rings. The summed E-state index contributed by atoms with van der Waals surface area (Å²) in [4.78, 5) is 4.51. The number of anilines is 1. The summed E-state index contributed by atoms with van der Waals surface area (Å²) in [6.07, 6.45) is 0.794. The lowest BCUT2D eigenvalue weighted by Gasteiger charge is -2.18. The fourth-order valence-corrected chi connectivity index (χ4v) is 2.38. The number of nitrogens with zero attached hydrogens (tertiary/aromatic N) is 2. The van der Waals surface area contributed by atoms with Crippen molar-refractivity contribution in [2.45, 2.75) is 39.7 Å². The van der Waals surface area contributed by atoms with Crippen LogP contribution in [0.1, 0.15) is 37.7 Å². The van der Waals surface area contributed by atoms with E-state index in [4.69, 9.17) is 0 Å². The molecule has 0 unspecified atom stereocenters. The lowest BCUT2D eigenvalue weighted by Crippen LogP contribution is -2.25. The molecule has 4 heteroatoms. The predicted molar refractivity (Wildman–Crippen MR) is 77.3 cm³/mol. The van der Waals surface area contributed by atoms with E-state index >= 15 is 0 Å². The van der Waals surface area contributed by atoms with Crippen LogP contribution in [0, 0.1) is 6.92 Å². The van der Waals surface area contributed by atoms with Gasteiger partial charge in [0.15, 0.2) is 0 Å². The number of hydrogen-bond donors (Lipinski definition) is 1. The summed E-state index contributed by atoms with van der Waals surface area (Å²) in [6.45, 7) is 8.45. The molecular formula is C14H19N3S. The summed E-state index contributed by atoms with van der Waals surface area (Å²) in [7, 11) is 0. The number of nitrogens with one attached hydrogen (secondary N) is 1. The average molecular weight is 261 g/mol. The topological polar surface area (TPSA) is 37.8 Å². The van der Waals surface area contributed by atoms with Gasteiger partial charge in [-0.1, -0.05) is 29.8 Å². The van der Waals surface area contributed by atoms with Gasteiger partial charge >= 0.3 is 0 Å². The summed E-state index contributed by atoms with van der Waals surface area (Å²) in [5.74, 6) is 0.885. The third-order valence-electron chi connectivity index (χ3n) is 2.43. The molecule has 0 aliphatic rings. The molecule has 0 bridgehead atoms. The Bertz CT molecular complexity index is 509. The van der Waals surface area contributed by atoms with Gasteiger partial charge in [-0.25, -0.2) is 4.98 Å². The van der Waals surface area contributed by atoms with Gasteiger partial charge in [0.1, 0.15) is 5.82 Å². The first-order chi connectivity index (χ1) is 8.42. The number of hydrogen-bond acceptors (Lipinski definition) is 4. The van der Waals surface area contributed by atoms with Crippen LogP contribution >= 0.6 is 11.5 Å². The highest BCUT2D eigenvalue weighted by molar-refractivity contribution is 7.09. The third kappa shape index (κ3) is 3.81. The normalized spacial score (nSPS) is 11.6. The van der Waals surface area contributed by atoms with E-state index in [2.05, 4.69) is 66.6 Å². The van der Waals surface area contributed by atoms with Gasteiger partial charge in [0, 0.05) is 23.5 Å². The molecule has 18 heavy (non-hydrogen) atoms. The standard InChI is InChI=1S/C14H19N3S/c1-10-5-7-11(8-6-10)9-12-15-13(18-17-12)16-14(2,3)4/h5-8H,9H2,1-4H3,(H,15,16,17). The van der Waals surface area contributed by atoms with E-state index in [1.54, 1.807) is 0 Å². The summed E-state index contributed by atoms with van der Waals surface area (Å²) < 4.78 is 4.39. The first-order valence-corrected chi connectivity index (χ1v) is 6.86. The maximum atomic E-state index is 4.51. The number of rotatable bonds is 3. The van der Waals surface area contributed by atoms with Gasteiger partial charge in [0.05, 0.1) is 0 Å². The molecule has 2 rings (SSSR count). The van der Waals surface area contributed by atoms with Crippen molar-refractivity contribution in [3.63, 3.8) is 0 Å². The highest BCUT2D eigenvalue weighted by Crippen LogP contribution is 2.18. The van der Waals surface area contributed by atoms with Gasteiger partial charge in [-0.05, 0) is 33.3 Å². The Morgan fingerprint density at radius 1 is 1.17 bits per heavy atom. The van der Waals surface area contributed by atoms with Crippen LogP contribution in [0.3, 0.4) is 0 Å². The molecular weight excluding hydrogens is 242 g/mol. The Morgan fingerprint density at radius 2 is 1.83 bits per heavy atom. The molecule has 96 valence electrons. The molecule has 0 radical (unpaired) electrons. The lowest BCUT2D eigenvalue weighted by atomic mass is 10.1. The molecule has 1 N–H and O–H groups in total. The van der Waals surface area contributed by atoms with Crippen LogP contribution in [0.4, 0.5) is 5.13 Å². The van der Waals surface area contributed by atoms with E-state index < -0.39 is 0 Å². The van der Waals surface area contributed by atoms with Gasteiger partial charge in [-0.15, -0.1) is 0 Å². The monoisotopic (exact) mass is 261 g/mol. The molecule has 0 amide bonds. The van der Waals surface area contributed by atoms with Crippen molar-refractivity contribution in [2.75, 3.05) is 5.32 Å². The average Bonchev–Trinajstić information content (AvgIpc) is 2.66. The zero-order chi connectivity index (χ0) is 13.2. The molecule has 0 atom stereocenters. The highest BCUT2D eigenvalue weighted by Gasteiger charge is 2.12. The van der Waals surface area contributed by atoms with Crippen LogP contribution in [0.25, 0.3) is 0 Å². The van der Waals surface area contributed by atoms with Crippen LogP contribution < -0.4 is 5.32 Å². The van der Waals surface area contributed by atoms with Crippen LogP contribution in [0.15, 0.2) is 24.3 Å². The molecule has 1 aromatic carbocycles. The van der Waals surface area contributed by atoms with Gasteiger partial charge in [-0.2, -0.15) is 4.37 Å². The van der Waals surface area contributed by atoms with E-state index in [-0.39, 0.29) is 5.54 Å².